The van der Waals surface area contributed by atoms with Crippen molar-refractivity contribution in [2.75, 3.05) is 20.8 Å². The number of rotatable bonds is 9. The summed E-state index contributed by atoms with van der Waals surface area (Å²) in [7, 11) is -0.992. The Kier molecular flexibility index (Phi) is 10.6. The van der Waals surface area contributed by atoms with Crippen LogP contribution in [0.4, 0.5) is 4.79 Å². The summed E-state index contributed by atoms with van der Waals surface area (Å²) in [4.78, 5) is 60.8. The molecule has 1 saturated heterocycles. The molecule has 4 amide bonds. The number of methoxy groups -OCH3 is 2. The smallest absolute Gasteiger partial charge is 0.405 e. The predicted octanol–water partition coefficient (Wildman–Crippen LogP) is 3.51. The summed E-state index contributed by atoms with van der Waals surface area (Å²) in [5.41, 5.74) is -1.56. The zero-order valence-electron chi connectivity index (χ0n) is 30.7. The van der Waals surface area contributed by atoms with Crippen LogP contribution in [0.1, 0.15) is 72.1 Å². The Morgan fingerprint density at radius 2 is 1.89 bits per heavy atom. The fourth-order valence-corrected chi connectivity index (χ4v) is 8.92. The molecule has 0 spiro atoms. The van der Waals surface area contributed by atoms with Crippen molar-refractivity contribution in [3.8, 4) is 17.5 Å². The van der Waals surface area contributed by atoms with Crippen LogP contribution in [0.15, 0.2) is 36.4 Å². The maximum absolute atomic E-state index is 14.6. The number of fused-ring (bicyclic) bond motifs is 3. The molecule has 15 nitrogen and oxygen atoms in total. The average molecular weight is 756 g/mol. The van der Waals surface area contributed by atoms with Gasteiger partial charge < -0.3 is 34.9 Å². The fraction of sp³-hybridized carbons (Fsp3) is 0.595. The number of carbonyl (C=O) groups is 4. The highest BCUT2D eigenvalue weighted by Crippen LogP contribution is 2.47. The molecular formula is C37H49N5O10S. The normalized spacial score (nSPS) is 29.8. The maximum Gasteiger partial charge on any atom is 0.405 e. The van der Waals surface area contributed by atoms with Gasteiger partial charge >= 0.3 is 6.09 Å². The van der Waals surface area contributed by atoms with Gasteiger partial charge in [-0.15, -0.1) is 0 Å². The van der Waals surface area contributed by atoms with Gasteiger partial charge in [-0.1, -0.05) is 32.4 Å². The molecule has 4 N–H and O–H groups in total. The van der Waals surface area contributed by atoms with Crippen molar-refractivity contribution in [2.24, 2.45) is 17.8 Å². The van der Waals surface area contributed by atoms with Crippen molar-refractivity contribution in [2.45, 2.75) is 101 Å². The monoisotopic (exact) mass is 755 g/mol. The molecule has 0 radical (unpaired) electrons. The van der Waals surface area contributed by atoms with Crippen molar-refractivity contribution in [1.29, 1.82) is 0 Å². The molecule has 16 heteroatoms. The van der Waals surface area contributed by atoms with Gasteiger partial charge in [-0.05, 0) is 80.9 Å². The zero-order chi connectivity index (χ0) is 38.3. The molecule has 53 heavy (non-hydrogen) atoms. The molecular weight excluding hydrogens is 706 g/mol. The van der Waals surface area contributed by atoms with E-state index in [1.807, 2.05) is 26.0 Å². The van der Waals surface area contributed by atoms with Gasteiger partial charge in [0, 0.05) is 23.8 Å². The second-order valence-corrected chi connectivity index (χ2v) is 17.3. The van der Waals surface area contributed by atoms with E-state index in [9.17, 15) is 32.7 Å². The summed E-state index contributed by atoms with van der Waals surface area (Å²) < 4.78 is 44.7. The number of aromatic nitrogens is 1. The van der Waals surface area contributed by atoms with Crippen LogP contribution in [0.25, 0.3) is 10.8 Å². The first-order chi connectivity index (χ1) is 25.1. The summed E-state index contributed by atoms with van der Waals surface area (Å²) in [6.07, 6.45) is 5.08. The van der Waals surface area contributed by atoms with E-state index in [-0.39, 0.29) is 43.0 Å². The van der Waals surface area contributed by atoms with E-state index in [1.54, 1.807) is 38.3 Å². The second kappa shape index (κ2) is 14.7. The van der Waals surface area contributed by atoms with Crippen LogP contribution < -0.4 is 29.6 Å². The molecule has 1 aromatic heterocycles. The van der Waals surface area contributed by atoms with Crippen LogP contribution in [-0.4, -0.2) is 96.5 Å². The molecule has 3 heterocycles. The summed E-state index contributed by atoms with van der Waals surface area (Å²) in [5, 5.41) is 16.5. The number of carboxylic acid groups (broad SMARTS) is 1. The van der Waals surface area contributed by atoms with E-state index in [2.05, 4.69) is 20.3 Å². The minimum absolute atomic E-state index is 0.0182. The van der Waals surface area contributed by atoms with E-state index in [4.69, 9.17) is 14.2 Å². The molecule has 2 saturated carbocycles. The van der Waals surface area contributed by atoms with Crippen LogP contribution in [-0.2, 0) is 24.4 Å². The zero-order valence-corrected chi connectivity index (χ0v) is 31.5. The van der Waals surface area contributed by atoms with E-state index in [1.165, 1.54) is 12.0 Å². The Morgan fingerprint density at radius 3 is 2.55 bits per heavy atom. The van der Waals surface area contributed by atoms with Crippen molar-refractivity contribution in [3.05, 3.63) is 36.4 Å². The highest BCUT2D eigenvalue weighted by molar-refractivity contribution is 7.91. The number of carbonyl (C=O) groups excluding carboxylic acids is 3. The number of hydrogen-bond acceptors (Lipinski definition) is 10. The predicted molar refractivity (Wildman–Crippen MR) is 194 cm³/mol. The molecule has 2 aromatic rings. The highest BCUT2D eigenvalue weighted by atomic mass is 32.2. The van der Waals surface area contributed by atoms with E-state index < -0.39 is 68.2 Å². The van der Waals surface area contributed by atoms with Crippen LogP contribution in [0.3, 0.4) is 0 Å². The summed E-state index contributed by atoms with van der Waals surface area (Å²) in [6, 6.07) is 4.71. The standard InChI is InChI=1S/C37H49N5O10S/c1-6-22-15-21(2)9-7-8-10-24-19-37(24,34(45)41-53(48,49)36(3)13-14-36)40-31(43)28-18-26(20-42(28)33(44)30(22)39-35(46)47)52-32-27-12-11-25(50-4)16-23(27)17-29(38-32)51-5/h8,10-12,16-17,21-22,24,26,28,30,39H,6-7,9,13-15,18-20H2,1-5H3,(H,40,43)(H,41,45)(H,46,47)/t21-,22-,24-,26-,28+,30+,37-/m1/s1. The molecule has 0 bridgehead atoms. The molecule has 7 atom stereocenters. The van der Waals surface area contributed by atoms with E-state index >= 15 is 0 Å². The number of nitrogens with zero attached hydrogens (tertiary/aromatic N) is 2. The molecule has 2 aliphatic carbocycles. The molecule has 1 aromatic carbocycles. The maximum atomic E-state index is 14.6. The van der Waals surface area contributed by atoms with Gasteiger partial charge in [0.25, 0.3) is 5.91 Å². The number of pyridine rings is 1. The van der Waals surface area contributed by atoms with Crippen LogP contribution in [0.2, 0.25) is 0 Å². The Balaban J connectivity index is 1.36. The molecule has 4 aliphatic rings. The van der Waals surface area contributed by atoms with Crippen molar-refractivity contribution in [3.63, 3.8) is 0 Å². The Labute approximate surface area is 309 Å². The lowest BCUT2D eigenvalue weighted by atomic mass is 9.85. The van der Waals surface area contributed by atoms with Crippen LogP contribution >= 0.6 is 0 Å². The number of hydrogen-bond donors (Lipinski definition) is 4. The minimum atomic E-state index is -4.01. The van der Waals surface area contributed by atoms with Gasteiger partial charge in [0.2, 0.25) is 33.6 Å². The largest absolute Gasteiger partial charge is 0.497 e. The third-order valence-corrected chi connectivity index (χ3v) is 13.5. The lowest BCUT2D eigenvalue weighted by Gasteiger charge is -2.33. The minimum Gasteiger partial charge on any atom is -0.497 e. The van der Waals surface area contributed by atoms with Crippen molar-refractivity contribution in [1.82, 2.24) is 25.2 Å². The first-order valence-corrected chi connectivity index (χ1v) is 19.7. The van der Waals surface area contributed by atoms with E-state index in [0.717, 1.165) is 6.42 Å². The fourth-order valence-electron chi connectivity index (χ4n) is 7.61. The third kappa shape index (κ3) is 7.73. The number of sulfonamides is 1. The number of benzene rings is 1. The molecule has 6 rings (SSSR count). The first kappa shape index (κ1) is 38.1. The molecule has 288 valence electrons. The summed E-state index contributed by atoms with van der Waals surface area (Å²) in [6.45, 7) is 5.43. The number of ether oxygens (including phenoxy) is 3. The number of allylic oxidation sites excluding steroid dienone is 1. The molecule has 0 unspecified atom stereocenters. The van der Waals surface area contributed by atoms with Gasteiger partial charge in [0.15, 0.2) is 0 Å². The number of nitrogens with one attached hydrogen (secondary N) is 3. The van der Waals surface area contributed by atoms with Crippen molar-refractivity contribution < 1.29 is 46.9 Å². The van der Waals surface area contributed by atoms with Gasteiger partial charge in [-0.25, -0.2) is 13.2 Å². The Morgan fingerprint density at radius 1 is 1.13 bits per heavy atom. The lowest BCUT2D eigenvalue weighted by Crippen LogP contribution is -2.59. The Bertz CT molecular complexity index is 1910. The molecule has 3 fully saturated rings. The van der Waals surface area contributed by atoms with Crippen LogP contribution in [0, 0.1) is 17.8 Å². The van der Waals surface area contributed by atoms with Crippen molar-refractivity contribution >= 4 is 44.6 Å². The summed E-state index contributed by atoms with van der Waals surface area (Å²) >= 11 is 0. The third-order valence-electron chi connectivity index (χ3n) is 11.4. The molecule has 2 aliphatic heterocycles. The Hall–Kier alpha value is -4.60. The van der Waals surface area contributed by atoms with Crippen LogP contribution in [0.5, 0.6) is 17.5 Å². The summed E-state index contributed by atoms with van der Waals surface area (Å²) in [5.74, 6) is -1.74. The topological polar surface area (TPSA) is 203 Å². The van der Waals surface area contributed by atoms with Gasteiger partial charge in [-0.3, -0.25) is 19.1 Å². The van der Waals surface area contributed by atoms with Gasteiger partial charge in [0.05, 0.1) is 25.5 Å². The number of amides is 4. The van der Waals surface area contributed by atoms with E-state index in [0.29, 0.717) is 48.6 Å². The SMILES string of the molecule is CC[C@@H]1C[C@H](C)CCC=C[C@@H]2C[C@@]2(C(=O)NS(=O)(=O)C2(C)CC2)NC(=O)[C@@H]2C[C@@H](Oc3nc(OC)cc4cc(OC)ccc34)CN2C(=O)[C@H]1NC(=O)O. The average Bonchev–Trinajstić information content (AvgIpc) is 4.00. The van der Waals surface area contributed by atoms with Gasteiger partial charge in [-0.2, -0.15) is 4.98 Å². The first-order valence-electron chi connectivity index (χ1n) is 18.2. The quantitative estimate of drug-likeness (QED) is 0.273. The lowest BCUT2D eigenvalue weighted by molar-refractivity contribution is -0.142. The second-order valence-electron chi connectivity index (χ2n) is 15.1. The highest BCUT2D eigenvalue weighted by Gasteiger charge is 2.63. The van der Waals surface area contributed by atoms with Gasteiger partial charge in [0.1, 0.15) is 29.5 Å².